The van der Waals surface area contributed by atoms with Gasteiger partial charge >= 0.3 is 0 Å². The number of anilines is 1. The van der Waals surface area contributed by atoms with Crippen molar-refractivity contribution in [3.63, 3.8) is 0 Å². The van der Waals surface area contributed by atoms with Crippen LogP contribution in [0, 0.1) is 5.92 Å². The van der Waals surface area contributed by atoms with Crippen molar-refractivity contribution in [2.45, 2.75) is 10.9 Å². The van der Waals surface area contributed by atoms with Gasteiger partial charge in [-0.2, -0.15) is 5.10 Å². The number of halogens is 1. The molecule has 4 aromatic rings. The van der Waals surface area contributed by atoms with Crippen molar-refractivity contribution >= 4 is 45.7 Å². The van der Waals surface area contributed by atoms with Crippen molar-refractivity contribution in [2.75, 3.05) is 10.8 Å². The molecule has 0 spiro atoms. The zero-order valence-corrected chi connectivity index (χ0v) is 18.1. The molecule has 6 rings (SSSR count). The van der Waals surface area contributed by atoms with Gasteiger partial charge in [-0.25, -0.2) is 0 Å². The molecule has 2 aliphatic heterocycles. The molecule has 0 aliphatic carbocycles. The predicted octanol–water partition coefficient (Wildman–Crippen LogP) is 6.52. The lowest BCUT2D eigenvalue weighted by Gasteiger charge is -2.30. The summed E-state index contributed by atoms with van der Waals surface area (Å²) in [5.41, 5.74) is 6.01. The summed E-state index contributed by atoms with van der Waals surface area (Å²) >= 11 is 8.28. The molecule has 0 N–H and O–H groups in total. The van der Waals surface area contributed by atoms with Crippen LogP contribution in [0.5, 0.6) is 0 Å². The predicted molar refractivity (Wildman–Crippen MR) is 127 cm³/mol. The molecule has 5 heteroatoms. The molecule has 0 amide bonds. The molecule has 2 unspecified atom stereocenters. The van der Waals surface area contributed by atoms with Gasteiger partial charge in [0, 0.05) is 56.9 Å². The van der Waals surface area contributed by atoms with Crippen LogP contribution in [0.3, 0.4) is 0 Å². The number of fused-ring (bicyclic) bond motifs is 4. The third-order valence-corrected chi connectivity index (χ3v) is 7.54. The van der Waals surface area contributed by atoms with Crippen LogP contribution in [-0.4, -0.2) is 16.0 Å². The first-order valence-electron chi connectivity index (χ1n) is 10.1. The Hall–Kier alpha value is -2.69. The number of hydrogen-bond donors (Lipinski definition) is 0. The van der Waals surface area contributed by atoms with E-state index < -0.39 is 0 Å². The monoisotopic (exact) mass is 429 g/mol. The molecule has 0 bridgehead atoms. The molecule has 0 fully saturated rings. The minimum absolute atomic E-state index is 0.146. The number of thioether (sulfide) groups is 1. The second-order valence-electron chi connectivity index (χ2n) is 7.88. The van der Waals surface area contributed by atoms with Crippen molar-refractivity contribution in [3.8, 4) is 0 Å². The summed E-state index contributed by atoms with van der Waals surface area (Å²) in [5.74, 6) is 1.30. The van der Waals surface area contributed by atoms with Gasteiger partial charge in [-0.3, -0.25) is 5.01 Å². The fraction of sp³-hybridized carbons (Fsp3) is 0.160. The average Bonchev–Trinajstić information content (AvgIpc) is 3.32. The molecule has 3 nitrogen and oxygen atoms in total. The topological polar surface area (TPSA) is 20.5 Å². The molecule has 30 heavy (non-hydrogen) atoms. The standard InChI is InChI=1S/C25H20ClN3S/c1-28-14-20(18-9-5-6-10-22(18)28)25-21-15-30-23-12-11-16(26)13-19(23)24(21)27-29(25)17-7-3-2-4-8-17/h2-14,21,25H,15H2,1H3. The first kappa shape index (κ1) is 18.1. The van der Waals surface area contributed by atoms with Crippen molar-refractivity contribution in [3.05, 3.63) is 95.1 Å². The molecule has 3 heterocycles. The van der Waals surface area contributed by atoms with Gasteiger partial charge in [0.1, 0.15) is 0 Å². The summed E-state index contributed by atoms with van der Waals surface area (Å²) in [5, 5.41) is 9.48. The van der Waals surface area contributed by atoms with E-state index in [-0.39, 0.29) is 6.04 Å². The summed E-state index contributed by atoms with van der Waals surface area (Å²) in [4.78, 5) is 1.26. The number of rotatable bonds is 2. The van der Waals surface area contributed by atoms with Crippen LogP contribution in [0.2, 0.25) is 5.02 Å². The molecule has 2 atom stereocenters. The van der Waals surface area contributed by atoms with Crippen LogP contribution in [-0.2, 0) is 7.05 Å². The Bertz CT molecular complexity index is 1290. The average molecular weight is 430 g/mol. The highest BCUT2D eigenvalue weighted by Crippen LogP contribution is 2.48. The first-order chi connectivity index (χ1) is 14.7. The maximum absolute atomic E-state index is 6.37. The first-order valence-corrected chi connectivity index (χ1v) is 11.5. The Morgan fingerprint density at radius 2 is 1.80 bits per heavy atom. The third kappa shape index (κ3) is 2.71. The molecule has 148 valence electrons. The molecule has 0 radical (unpaired) electrons. The number of hydrazone groups is 1. The summed E-state index contributed by atoms with van der Waals surface area (Å²) < 4.78 is 2.23. The number of aromatic nitrogens is 1. The SMILES string of the molecule is Cn1cc(C2C3CSc4ccc(Cl)cc4C3=NN2c2ccccc2)c2ccccc21. The molecular weight excluding hydrogens is 410 g/mol. The molecule has 3 aromatic carbocycles. The third-order valence-electron chi connectivity index (χ3n) is 6.11. The van der Waals surface area contributed by atoms with E-state index in [0.29, 0.717) is 5.92 Å². The van der Waals surface area contributed by atoms with Crippen molar-refractivity contribution in [2.24, 2.45) is 18.1 Å². The molecule has 2 aliphatic rings. The van der Waals surface area contributed by atoms with Crippen LogP contribution in [0.1, 0.15) is 17.2 Å². The lowest BCUT2D eigenvalue weighted by atomic mass is 9.87. The Kier molecular flexibility index (Phi) is 4.18. The fourth-order valence-corrected chi connectivity index (χ4v) is 6.11. The zero-order chi connectivity index (χ0) is 20.2. The lowest BCUT2D eigenvalue weighted by Crippen LogP contribution is -2.29. The van der Waals surface area contributed by atoms with Crippen LogP contribution in [0.15, 0.2) is 89.0 Å². The largest absolute Gasteiger partial charge is 0.350 e. The van der Waals surface area contributed by atoms with Crippen LogP contribution < -0.4 is 5.01 Å². The van der Waals surface area contributed by atoms with Crippen LogP contribution in [0.4, 0.5) is 5.69 Å². The maximum atomic E-state index is 6.37. The summed E-state index contributed by atoms with van der Waals surface area (Å²) in [6.45, 7) is 0. The van der Waals surface area contributed by atoms with E-state index in [9.17, 15) is 0 Å². The second kappa shape index (κ2) is 6.93. The Labute approximate surface area is 185 Å². The van der Waals surface area contributed by atoms with E-state index in [1.807, 2.05) is 17.8 Å². The molecular formula is C25H20ClN3S. The van der Waals surface area contributed by atoms with E-state index in [2.05, 4.69) is 89.6 Å². The molecule has 0 saturated heterocycles. The smallest absolute Gasteiger partial charge is 0.0888 e. The van der Waals surface area contributed by atoms with Gasteiger partial charge in [-0.1, -0.05) is 48.0 Å². The van der Waals surface area contributed by atoms with Crippen molar-refractivity contribution in [1.29, 1.82) is 0 Å². The van der Waals surface area contributed by atoms with Crippen LogP contribution >= 0.6 is 23.4 Å². The van der Waals surface area contributed by atoms with Crippen LogP contribution in [0.25, 0.3) is 10.9 Å². The number of para-hydroxylation sites is 2. The lowest BCUT2D eigenvalue weighted by molar-refractivity contribution is 0.595. The fourth-order valence-electron chi connectivity index (χ4n) is 4.76. The number of hydrogen-bond acceptors (Lipinski definition) is 3. The summed E-state index contributed by atoms with van der Waals surface area (Å²) in [6, 6.07) is 25.5. The minimum Gasteiger partial charge on any atom is -0.350 e. The molecule has 1 aromatic heterocycles. The Morgan fingerprint density at radius 1 is 1.00 bits per heavy atom. The van der Waals surface area contributed by atoms with E-state index in [0.717, 1.165) is 22.2 Å². The quantitative estimate of drug-likeness (QED) is 0.361. The minimum atomic E-state index is 0.146. The summed E-state index contributed by atoms with van der Waals surface area (Å²) in [6.07, 6.45) is 2.28. The highest BCUT2D eigenvalue weighted by molar-refractivity contribution is 7.99. The Morgan fingerprint density at radius 3 is 2.67 bits per heavy atom. The van der Waals surface area contributed by atoms with E-state index in [1.165, 1.54) is 26.9 Å². The maximum Gasteiger partial charge on any atom is 0.0888 e. The van der Waals surface area contributed by atoms with Gasteiger partial charge in [0.25, 0.3) is 0 Å². The Balaban J connectivity index is 1.57. The van der Waals surface area contributed by atoms with Gasteiger partial charge in [-0.15, -0.1) is 11.8 Å². The van der Waals surface area contributed by atoms with E-state index in [1.54, 1.807) is 0 Å². The van der Waals surface area contributed by atoms with Crippen molar-refractivity contribution < 1.29 is 0 Å². The van der Waals surface area contributed by atoms with E-state index >= 15 is 0 Å². The summed E-state index contributed by atoms with van der Waals surface area (Å²) in [7, 11) is 2.13. The van der Waals surface area contributed by atoms with Gasteiger partial charge in [0.15, 0.2) is 0 Å². The van der Waals surface area contributed by atoms with Gasteiger partial charge < -0.3 is 4.57 Å². The second-order valence-corrected chi connectivity index (χ2v) is 9.38. The van der Waals surface area contributed by atoms with E-state index in [4.69, 9.17) is 16.7 Å². The number of aryl methyl sites for hydroxylation is 1. The highest BCUT2D eigenvalue weighted by Gasteiger charge is 2.43. The zero-order valence-electron chi connectivity index (χ0n) is 16.5. The number of nitrogens with zero attached hydrogens (tertiary/aromatic N) is 3. The highest BCUT2D eigenvalue weighted by atomic mass is 35.5. The van der Waals surface area contributed by atoms with Gasteiger partial charge in [0.05, 0.1) is 17.4 Å². The van der Waals surface area contributed by atoms with Gasteiger partial charge in [-0.05, 0) is 36.4 Å². The van der Waals surface area contributed by atoms with Crippen molar-refractivity contribution in [1.82, 2.24) is 4.57 Å². The molecule has 0 saturated carbocycles. The normalized spacial score (nSPS) is 20.2. The number of benzene rings is 3. The van der Waals surface area contributed by atoms with Gasteiger partial charge in [0.2, 0.25) is 0 Å².